The van der Waals surface area contributed by atoms with E-state index in [2.05, 4.69) is 5.32 Å². The van der Waals surface area contributed by atoms with Crippen molar-refractivity contribution in [3.63, 3.8) is 0 Å². The minimum absolute atomic E-state index is 0.0501. The Morgan fingerprint density at radius 1 is 1.28 bits per heavy atom. The molecule has 0 spiro atoms. The maximum absolute atomic E-state index is 11.4. The summed E-state index contributed by atoms with van der Waals surface area (Å²) in [6.07, 6.45) is -0.882. The Balaban J connectivity index is 2.34. The largest absolute Gasteiger partial charge is 0.481 e. The molecule has 1 aromatic rings. The van der Waals surface area contributed by atoms with Gasteiger partial charge in [-0.05, 0) is 12.1 Å². The Morgan fingerprint density at radius 2 is 1.94 bits per heavy atom. The zero-order chi connectivity index (χ0) is 13.4. The molecule has 6 nitrogen and oxygen atoms in total. The van der Waals surface area contributed by atoms with Crippen LogP contribution in [0.15, 0.2) is 30.3 Å². The number of aliphatic hydroxyl groups excluding tert-OH is 1. The van der Waals surface area contributed by atoms with E-state index >= 15 is 0 Å². The number of para-hydroxylation sites is 1. The number of hydrogen-bond acceptors (Lipinski definition) is 4. The second-order valence-electron chi connectivity index (χ2n) is 3.73. The van der Waals surface area contributed by atoms with Crippen molar-refractivity contribution in [1.29, 1.82) is 0 Å². The summed E-state index contributed by atoms with van der Waals surface area (Å²) in [4.78, 5) is 21.8. The lowest BCUT2D eigenvalue weighted by molar-refractivity contribution is -0.138. The minimum Gasteiger partial charge on any atom is -0.481 e. The maximum atomic E-state index is 11.4. The van der Waals surface area contributed by atoms with Crippen molar-refractivity contribution in [1.82, 2.24) is 5.32 Å². The first kappa shape index (κ1) is 14.0. The molecule has 0 aliphatic carbocycles. The highest BCUT2D eigenvalue weighted by molar-refractivity contribution is 5.70. The normalized spacial score (nSPS) is 11.6. The van der Waals surface area contributed by atoms with Crippen LogP contribution in [0.2, 0.25) is 0 Å². The Bertz CT molecular complexity index is 393. The van der Waals surface area contributed by atoms with E-state index in [1.807, 2.05) is 0 Å². The third-order valence-corrected chi connectivity index (χ3v) is 2.21. The SMILES string of the molecule is O=C(O)CC(CO)CNC(=O)Oc1ccccc1. The third-order valence-electron chi connectivity index (χ3n) is 2.21. The molecule has 6 heteroatoms. The molecule has 0 aliphatic rings. The molecule has 1 unspecified atom stereocenters. The number of rotatable bonds is 6. The van der Waals surface area contributed by atoms with Crippen LogP contribution in [0.5, 0.6) is 5.75 Å². The zero-order valence-electron chi connectivity index (χ0n) is 9.70. The van der Waals surface area contributed by atoms with Crippen molar-refractivity contribution in [2.75, 3.05) is 13.2 Å². The van der Waals surface area contributed by atoms with E-state index in [1.54, 1.807) is 30.3 Å². The smallest absolute Gasteiger partial charge is 0.412 e. The molecule has 98 valence electrons. The number of nitrogens with one attached hydrogen (secondary N) is 1. The van der Waals surface area contributed by atoms with Crippen LogP contribution in [0, 0.1) is 5.92 Å². The molecule has 1 amide bonds. The molecule has 0 aliphatic heterocycles. The highest BCUT2D eigenvalue weighted by Gasteiger charge is 2.14. The van der Waals surface area contributed by atoms with E-state index < -0.39 is 18.0 Å². The Morgan fingerprint density at radius 3 is 2.50 bits per heavy atom. The lowest BCUT2D eigenvalue weighted by Crippen LogP contribution is -2.33. The molecule has 0 bridgehead atoms. The van der Waals surface area contributed by atoms with Gasteiger partial charge in [-0.3, -0.25) is 4.79 Å². The summed E-state index contributed by atoms with van der Waals surface area (Å²) >= 11 is 0. The van der Waals surface area contributed by atoms with E-state index in [9.17, 15) is 9.59 Å². The van der Waals surface area contributed by atoms with E-state index in [0.29, 0.717) is 5.75 Å². The van der Waals surface area contributed by atoms with Gasteiger partial charge in [-0.25, -0.2) is 4.79 Å². The van der Waals surface area contributed by atoms with Crippen LogP contribution in [0.1, 0.15) is 6.42 Å². The second-order valence-corrected chi connectivity index (χ2v) is 3.73. The van der Waals surface area contributed by atoms with E-state index in [-0.39, 0.29) is 19.6 Å². The first-order valence-corrected chi connectivity index (χ1v) is 5.45. The van der Waals surface area contributed by atoms with Crippen molar-refractivity contribution in [2.24, 2.45) is 5.92 Å². The topological polar surface area (TPSA) is 95.9 Å². The van der Waals surface area contributed by atoms with Crippen molar-refractivity contribution >= 4 is 12.1 Å². The predicted molar refractivity (Wildman–Crippen MR) is 63.3 cm³/mol. The summed E-state index contributed by atoms with van der Waals surface area (Å²) in [5, 5.41) is 19.9. The Kier molecular flexibility index (Phi) is 5.66. The monoisotopic (exact) mass is 253 g/mol. The van der Waals surface area contributed by atoms with Crippen LogP contribution in [0.4, 0.5) is 4.79 Å². The van der Waals surface area contributed by atoms with E-state index in [1.165, 1.54) is 0 Å². The molecule has 1 aromatic carbocycles. The van der Waals surface area contributed by atoms with Gasteiger partial charge in [0.15, 0.2) is 0 Å². The van der Waals surface area contributed by atoms with E-state index in [4.69, 9.17) is 14.9 Å². The molecule has 0 saturated carbocycles. The molecule has 1 rings (SSSR count). The van der Waals surface area contributed by atoms with Gasteiger partial charge in [-0.15, -0.1) is 0 Å². The lowest BCUT2D eigenvalue weighted by atomic mass is 10.1. The molecule has 1 atom stereocenters. The van der Waals surface area contributed by atoms with Gasteiger partial charge in [0.05, 0.1) is 6.42 Å². The van der Waals surface area contributed by atoms with Crippen LogP contribution in [0.3, 0.4) is 0 Å². The van der Waals surface area contributed by atoms with Gasteiger partial charge >= 0.3 is 12.1 Å². The van der Waals surface area contributed by atoms with Crippen molar-refractivity contribution in [2.45, 2.75) is 6.42 Å². The number of aliphatic hydroxyl groups is 1. The van der Waals surface area contributed by atoms with Gasteiger partial charge in [0.1, 0.15) is 5.75 Å². The third kappa shape index (κ3) is 5.31. The number of carbonyl (C=O) groups is 2. The maximum Gasteiger partial charge on any atom is 0.412 e. The fourth-order valence-electron chi connectivity index (χ4n) is 1.31. The molecular weight excluding hydrogens is 238 g/mol. The van der Waals surface area contributed by atoms with Crippen LogP contribution in [-0.4, -0.2) is 35.4 Å². The summed E-state index contributed by atoms with van der Waals surface area (Å²) in [5.74, 6) is -1.15. The number of aliphatic carboxylic acids is 1. The molecular formula is C12H15NO5. The fraction of sp³-hybridized carbons (Fsp3) is 0.333. The number of amides is 1. The molecule has 3 N–H and O–H groups in total. The van der Waals surface area contributed by atoms with Gasteiger partial charge in [0.2, 0.25) is 0 Å². The summed E-state index contributed by atoms with van der Waals surface area (Å²) in [6, 6.07) is 8.49. The highest BCUT2D eigenvalue weighted by atomic mass is 16.6. The molecule has 0 saturated heterocycles. The van der Waals surface area contributed by atoms with Crippen LogP contribution in [0.25, 0.3) is 0 Å². The first-order chi connectivity index (χ1) is 8.61. The van der Waals surface area contributed by atoms with Crippen molar-refractivity contribution in [3.05, 3.63) is 30.3 Å². The summed E-state index contributed by atoms with van der Waals surface area (Å²) < 4.78 is 4.94. The van der Waals surface area contributed by atoms with Crippen molar-refractivity contribution in [3.8, 4) is 5.75 Å². The number of carbonyl (C=O) groups excluding carboxylic acids is 1. The number of carboxylic acid groups (broad SMARTS) is 1. The van der Waals surface area contributed by atoms with Gasteiger partial charge in [-0.2, -0.15) is 0 Å². The average molecular weight is 253 g/mol. The molecule has 0 fully saturated rings. The quantitative estimate of drug-likeness (QED) is 0.698. The van der Waals surface area contributed by atoms with Gasteiger partial charge < -0.3 is 20.3 Å². The molecule has 0 radical (unpaired) electrons. The highest BCUT2D eigenvalue weighted by Crippen LogP contribution is 2.08. The van der Waals surface area contributed by atoms with Gasteiger partial charge in [0, 0.05) is 19.1 Å². The molecule has 0 aromatic heterocycles. The number of hydrogen-bond donors (Lipinski definition) is 3. The lowest BCUT2D eigenvalue weighted by Gasteiger charge is -2.12. The second kappa shape index (κ2) is 7.29. The standard InChI is InChI=1S/C12H15NO5/c14-8-9(6-11(15)16)7-13-12(17)18-10-4-2-1-3-5-10/h1-5,9,14H,6-8H2,(H,13,17)(H,15,16). The summed E-state index contributed by atoms with van der Waals surface area (Å²) in [6.45, 7) is -0.258. The average Bonchev–Trinajstić information content (AvgIpc) is 2.35. The Labute approximate surface area is 104 Å². The summed E-state index contributed by atoms with van der Waals surface area (Å²) in [5.41, 5.74) is 0. The fourth-order valence-corrected chi connectivity index (χ4v) is 1.31. The van der Waals surface area contributed by atoms with Gasteiger partial charge in [0.25, 0.3) is 0 Å². The van der Waals surface area contributed by atoms with Crippen LogP contribution < -0.4 is 10.1 Å². The minimum atomic E-state index is -1.02. The van der Waals surface area contributed by atoms with Crippen LogP contribution in [-0.2, 0) is 4.79 Å². The van der Waals surface area contributed by atoms with E-state index in [0.717, 1.165) is 0 Å². The number of benzene rings is 1. The number of ether oxygens (including phenoxy) is 1. The Hall–Kier alpha value is -2.08. The molecule has 18 heavy (non-hydrogen) atoms. The predicted octanol–water partition coefficient (Wildman–Crippen LogP) is 0.858. The van der Waals surface area contributed by atoms with Crippen LogP contribution >= 0.6 is 0 Å². The van der Waals surface area contributed by atoms with Crippen molar-refractivity contribution < 1.29 is 24.5 Å². The number of carboxylic acids is 1. The summed E-state index contributed by atoms with van der Waals surface area (Å²) in [7, 11) is 0. The van der Waals surface area contributed by atoms with Gasteiger partial charge in [-0.1, -0.05) is 18.2 Å². The molecule has 0 heterocycles. The zero-order valence-corrected chi connectivity index (χ0v) is 9.70. The first-order valence-electron chi connectivity index (χ1n) is 5.45.